The van der Waals surface area contributed by atoms with E-state index in [1.807, 2.05) is 30.3 Å². The average molecular weight is 629 g/mol. The van der Waals surface area contributed by atoms with Crippen LogP contribution in [0.5, 0.6) is 0 Å². The zero-order valence-electron chi connectivity index (χ0n) is 26.4. The molecule has 0 aliphatic rings. The maximum atomic E-state index is 6.59. The van der Waals surface area contributed by atoms with Crippen LogP contribution in [0.15, 0.2) is 179 Å². The van der Waals surface area contributed by atoms with E-state index in [0.717, 1.165) is 77.6 Å². The highest BCUT2D eigenvalue weighted by Gasteiger charge is 2.21. The number of nitrogens with zero attached hydrogens (tertiary/aromatic N) is 2. The topological polar surface area (TPSA) is 42.4 Å². The van der Waals surface area contributed by atoms with E-state index in [0.29, 0.717) is 5.89 Å². The van der Waals surface area contributed by atoms with Crippen molar-refractivity contribution in [2.75, 3.05) is 4.90 Å². The Kier molecular flexibility index (Phi) is 6.15. The van der Waals surface area contributed by atoms with Gasteiger partial charge in [0.1, 0.15) is 16.7 Å². The van der Waals surface area contributed by atoms with E-state index in [1.54, 1.807) is 0 Å². The second-order valence-corrected chi connectivity index (χ2v) is 12.4. The number of hydrogen-bond acceptors (Lipinski definition) is 4. The molecule has 0 atom stereocenters. The Morgan fingerprint density at radius 2 is 1.18 bits per heavy atom. The fraction of sp³-hybridized carbons (Fsp3) is 0. The van der Waals surface area contributed by atoms with Crippen LogP contribution in [0.2, 0.25) is 0 Å². The zero-order chi connectivity index (χ0) is 32.3. The molecular weight excluding hydrogens is 601 g/mol. The SMILES string of the molecule is c1ccc(N(c2ccc3c(c2)oc2cccc(-c4nc5c(ccc6ccccc65)o4)c23)c2ccccc2-c2ccc3ccccc3c2)cc1. The molecule has 10 aromatic rings. The van der Waals surface area contributed by atoms with Crippen molar-refractivity contribution < 1.29 is 8.83 Å². The third kappa shape index (κ3) is 4.49. The van der Waals surface area contributed by atoms with Crippen LogP contribution in [0.3, 0.4) is 0 Å². The minimum absolute atomic E-state index is 0.582. The van der Waals surface area contributed by atoms with Crippen LogP contribution in [0.1, 0.15) is 0 Å². The van der Waals surface area contributed by atoms with Gasteiger partial charge >= 0.3 is 0 Å². The largest absolute Gasteiger partial charge is 0.456 e. The molecule has 8 aromatic carbocycles. The molecular formula is C45H28N2O2. The molecule has 0 radical (unpaired) electrons. The Morgan fingerprint density at radius 3 is 2.10 bits per heavy atom. The lowest BCUT2D eigenvalue weighted by Crippen LogP contribution is -2.11. The number of aromatic nitrogens is 1. The van der Waals surface area contributed by atoms with Crippen molar-refractivity contribution in [3.63, 3.8) is 0 Å². The van der Waals surface area contributed by atoms with Gasteiger partial charge in [0.2, 0.25) is 5.89 Å². The highest BCUT2D eigenvalue weighted by atomic mass is 16.3. The fourth-order valence-corrected chi connectivity index (χ4v) is 7.18. The van der Waals surface area contributed by atoms with Crippen LogP contribution in [-0.4, -0.2) is 4.98 Å². The Bertz CT molecular complexity index is 2850. The molecule has 0 N–H and O–H groups in total. The molecule has 0 spiro atoms. The molecule has 0 saturated carbocycles. The molecule has 2 heterocycles. The molecule has 0 amide bonds. The third-order valence-electron chi connectivity index (χ3n) is 9.47. The first-order valence-corrected chi connectivity index (χ1v) is 16.5. The number of para-hydroxylation sites is 2. The summed E-state index contributed by atoms with van der Waals surface area (Å²) < 4.78 is 13.0. The van der Waals surface area contributed by atoms with Crippen LogP contribution >= 0.6 is 0 Å². The van der Waals surface area contributed by atoms with Crippen molar-refractivity contribution in [3.05, 3.63) is 170 Å². The second-order valence-electron chi connectivity index (χ2n) is 12.4. The predicted octanol–water partition coefficient (Wildman–Crippen LogP) is 12.8. The maximum absolute atomic E-state index is 6.59. The molecule has 0 aliphatic carbocycles. The van der Waals surface area contributed by atoms with Crippen LogP contribution in [0.25, 0.3) is 77.2 Å². The van der Waals surface area contributed by atoms with E-state index in [9.17, 15) is 0 Å². The van der Waals surface area contributed by atoms with Crippen LogP contribution in [0.4, 0.5) is 17.1 Å². The molecule has 0 bridgehead atoms. The van der Waals surface area contributed by atoms with Gasteiger partial charge in [0, 0.05) is 44.7 Å². The Balaban J connectivity index is 1.14. The zero-order valence-corrected chi connectivity index (χ0v) is 26.4. The highest BCUT2D eigenvalue weighted by Crippen LogP contribution is 2.44. The molecule has 4 heteroatoms. The van der Waals surface area contributed by atoms with Crippen molar-refractivity contribution in [3.8, 4) is 22.6 Å². The number of oxazole rings is 1. The van der Waals surface area contributed by atoms with Gasteiger partial charge in [-0.2, -0.15) is 0 Å². The average Bonchev–Trinajstić information content (AvgIpc) is 3.77. The molecule has 49 heavy (non-hydrogen) atoms. The Labute approximate surface area is 282 Å². The van der Waals surface area contributed by atoms with Gasteiger partial charge in [-0.05, 0) is 76.3 Å². The first-order valence-electron chi connectivity index (χ1n) is 16.5. The molecule has 2 aromatic heterocycles. The van der Waals surface area contributed by atoms with Gasteiger partial charge in [-0.3, -0.25) is 0 Å². The minimum atomic E-state index is 0.582. The quantitative estimate of drug-likeness (QED) is 0.190. The van der Waals surface area contributed by atoms with E-state index in [4.69, 9.17) is 13.8 Å². The summed E-state index contributed by atoms with van der Waals surface area (Å²) in [6.45, 7) is 0. The molecule has 0 fully saturated rings. The standard InChI is InChI=1S/C45H28N2O2/c1-2-14-33(15-3-1)47(39-19-9-8-16-35(39)32-22-21-29-11-4-5-13-31(29)27-32)34-24-25-37-42(28-34)48-40-20-10-18-38(43(37)40)45-46-44-36-17-7-6-12-30(36)23-26-41(44)49-45/h1-28H. The van der Waals surface area contributed by atoms with E-state index in [-0.39, 0.29) is 0 Å². The van der Waals surface area contributed by atoms with Gasteiger partial charge in [-0.25, -0.2) is 4.98 Å². The predicted molar refractivity (Wildman–Crippen MR) is 202 cm³/mol. The van der Waals surface area contributed by atoms with E-state index < -0.39 is 0 Å². The van der Waals surface area contributed by atoms with Gasteiger partial charge in [-0.15, -0.1) is 0 Å². The summed E-state index contributed by atoms with van der Waals surface area (Å²) in [5.41, 5.74) is 9.58. The van der Waals surface area contributed by atoms with E-state index in [1.165, 1.54) is 10.8 Å². The maximum Gasteiger partial charge on any atom is 0.228 e. The highest BCUT2D eigenvalue weighted by molar-refractivity contribution is 6.13. The summed E-state index contributed by atoms with van der Waals surface area (Å²) in [5.74, 6) is 0.582. The van der Waals surface area contributed by atoms with Crippen LogP contribution < -0.4 is 4.90 Å². The van der Waals surface area contributed by atoms with Crippen LogP contribution in [-0.2, 0) is 0 Å². The molecule has 0 aliphatic heterocycles. The van der Waals surface area contributed by atoms with Gasteiger partial charge in [0.05, 0.1) is 5.69 Å². The summed E-state index contributed by atoms with van der Waals surface area (Å²) in [7, 11) is 0. The monoisotopic (exact) mass is 628 g/mol. The van der Waals surface area contributed by atoms with E-state index >= 15 is 0 Å². The van der Waals surface area contributed by atoms with Gasteiger partial charge in [0.25, 0.3) is 0 Å². The second kappa shape index (κ2) is 11.0. The number of anilines is 3. The molecule has 10 rings (SSSR count). The van der Waals surface area contributed by atoms with Crippen molar-refractivity contribution in [1.82, 2.24) is 4.98 Å². The summed E-state index contributed by atoms with van der Waals surface area (Å²) in [5, 5.41) is 6.66. The van der Waals surface area contributed by atoms with Crippen LogP contribution in [0, 0.1) is 0 Å². The number of rotatable bonds is 5. The minimum Gasteiger partial charge on any atom is -0.456 e. The van der Waals surface area contributed by atoms with Crippen molar-refractivity contribution in [2.24, 2.45) is 0 Å². The first-order chi connectivity index (χ1) is 24.3. The molecule has 0 saturated heterocycles. The van der Waals surface area contributed by atoms with E-state index in [2.05, 4.69) is 144 Å². The number of hydrogen-bond donors (Lipinski definition) is 0. The summed E-state index contributed by atoms with van der Waals surface area (Å²) in [6, 6.07) is 59.2. The van der Waals surface area contributed by atoms with Gasteiger partial charge in [-0.1, -0.05) is 109 Å². The van der Waals surface area contributed by atoms with Crippen molar-refractivity contribution in [1.29, 1.82) is 0 Å². The summed E-state index contributed by atoms with van der Waals surface area (Å²) >= 11 is 0. The summed E-state index contributed by atoms with van der Waals surface area (Å²) in [6.07, 6.45) is 0. The molecule has 0 unspecified atom stereocenters. The Hall–Kier alpha value is -6.65. The van der Waals surface area contributed by atoms with Gasteiger partial charge < -0.3 is 13.7 Å². The van der Waals surface area contributed by atoms with Gasteiger partial charge in [0.15, 0.2) is 5.58 Å². The lowest BCUT2D eigenvalue weighted by Gasteiger charge is -2.28. The number of benzene rings is 8. The smallest absolute Gasteiger partial charge is 0.228 e. The van der Waals surface area contributed by atoms with Crippen molar-refractivity contribution >= 4 is 71.6 Å². The number of furan rings is 1. The lowest BCUT2D eigenvalue weighted by atomic mass is 9.98. The third-order valence-corrected chi connectivity index (χ3v) is 9.47. The Morgan fingerprint density at radius 1 is 0.429 bits per heavy atom. The molecule has 230 valence electrons. The van der Waals surface area contributed by atoms with Crippen molar-refractivity contribution in [2.45, 2.75) is 0 Å². The lowest BCUT2D eigenvalue weighted by molar-refractivity contribution is 0.620. The normalized spacial score (nSPS) is 11.7. The molecule has 4 nitrogen and oxygen atoms in total. The summed E-state index contributed by atoms with van der Waals surface area (Å²) in [4.78, 5) is 7.32. The fourth-order valence-electron chi connectivity index (χ4n) is 7.18. The first kappa shape index (κ1) is 27.5. The number of fused-ring (bicyclic) bond motifs is 7.